The number of aliphatic hydroxyl groups is 2. The van der Waals surface area contributed by atoms with Gasteiger partial charge in [0, 0.05) is 5.75 Å². The normalized spacial score (nSPS) is 29.3. The van der Waals surface area contributed by atoms with Crippen LogP contribution >= 0.6 is 11.8 Å². The van der Waals surface area contributed by atoms with Crippen molar-refractivity contribution in [3.05, 3.63) is 12.7 Å². The van der Waals surface area contributed by atoms with Crippen LogP contribution in [0.5, 0.6) is 0 Å². The summed E-state index contributed by atoms with van der Waals surface area (Å²) in [5, 5.41) is 20.3. The van der Waals surface area contributed by atoms with Crippen molar-refractivity contribution in [2.45, 2.75) is 31.5 Å². The highest BCUT2D eigenvalue weighted by molar-refractivity contribution is 7.99. The Morgan fingerprint density at radius 2 is 2.14 bits per heavy atom. The Morgan fingerprint density at radius 3 is 2.90 bits per heavy atom. The van der Waals surface area contributed by atoms with Crippen molar-refractivity contribution >= 4 is 28.7 Å². The Bertz CT molecular complexity index is 636. The van der Waals surface area contributed by atoms with E-state index >= 15 is 0 Å². The third-order valence-electron chi connectivity index (χ3n) is 3.48. The van der Waals surface area contributed by atoms with Crippen LogP contribution in [-0.4, -0.2) is 59.5 Å². The van der Waals surface area contributed by atoms with Gasteiger partial charge < -0.3 is 20.7 Å². The molecule has 0 spiro atoms. The highest BCUT2D eigenvalue weighted by Crippen LogP contribution is 2.33. The van der Waals surface area contributed by atoms with E-state index in [9.17, 15) is 10.2 Å². The maximum absolute atomic E-state index is 10.2. The lowest BCUT2D eigenvalue weighted by Crippen LogP contribution is -2.32. The smallest absolute Gasteiger partial charge is 0.167 e. The number of aliphatic hydroxyl groups excluding tert-OH is 2. The van der Waals surface area contributed by atoms with Crippen LogP contribution in [0.2, 0.25) is 0 Å². The zero-order valence-corrected chi connectivity index (χ0v) is 12.3. The Morgan fingerprint density at radius 1 is 1.33 bits per heavy atom. The van der Waals surface area contributed by atoms with Gasteiger partial charge in [-0.3, -0.25) is 4.57 Å². The van der Waals surface area contributed by atoms with Crippen LogP contribution in [0.4, 0.5) is 5.82 Å². The van der Waals surface area contributed by atoms with Gasteiger partial charge in [0.2, 0.25) is 0 Å². The van der Waals surface area contributed by atoms with E-state index in [1.807, 2.05) is 6.92 Å². The number of rotatable bonds is 4. The van der Waals surface area contributed by atoms with Crippen molar-refractivity contribution in [1.82, 2.24) is 19.5 Å². The quantitative estimate of drug-likeness (QED) is 0.709. The summed E-state index contributed by atoms with van der Waals surface area (Å²) in [7, 11) is 0. The molecule has 1 saturated heterocycles. The molecule has 2 aromatic rings. The fraction of sp³-hybridized carbons (Fsp3) is 0.583. The van der Waals surface area contributed by atoms with Crippen LogP contribution in [0.1, 0.15) is 13.2 Å². The Labute approximate surface area is 125 Å². The van der Waals surface area contributed by atoms with Gasteiger partial charge in [-0.25, -0.2) is 15.0 Å². The number of nitrogen functional groups attached to an aromatic ring is 1. The lowest BCUT2D eigenvalue weighted by atomic mass is 10.1. The first-order valence-corrected chi connectivity index (χ1v) is 7.81. The highest BCUT2D eigenvalue weighted by atomic mass is 32.2. The van der Waals surface area contributed by atoms with Gasteiger partial charge in [-0.15, -0.1) is 0 Å². The highest BCUT2D eigenvalue weighted by Gasteiger charge is 2.44. The molecule has 3 rings (SSSR count). The number of imidazole rings is 1. The average molecular weight is 311 g/mol. The largest absolute Gasteiger partial charge is 0.387 e. The molecule has 1 aliphatic rings. The fourth-order valence-electron chi connectivity index (χ4n) is 2.39. The second kappa shape index (κ2) is 5.76. The molecule has 0 aliphatic carbocycles. The molecule has 0 amide bonds. The van der Waals surface area contributed by atoms with E-state index in [-0.39, 0.29) is 5.82 Å². The zero-order valence-electron chi connectivity index (χ0n) is 11.5. The van der Waals surface area contributed by atoms with E-state index in [0.29, 0.717) is 16.9 Å². The molecule has 114 valence electrons. The Balaban J connectivity index is 1.90. The third-order valence-corrected chi connectivity index (χ3v) is 4.46. The number of nitrogens with two attached hydrogens (primary N) is 1. The minimum atomic E-state index is -1.04. The summed E-state index contributed by atoms with van der Waals surface area (Å²) in [4.78, 5) is 12.1. The number of nitrogens with zero attached hydrogens (tertiary/aromatic N) is 4. The lowest BCUT2D eigenvalue weighted by Gasteiger charge is -2.16. The average Bonchev–Trinajstić information content (AvgIpc) is 3.02. The SMILES string of the molecule is CCSC[C@H]1O[C@@H](n2cnc3c(N)ncnc32)C(O)C1O. The zero-order chi connectivity index (χ0) is 15.0. The van der Waals surface area contributed by atoms with Crippen molar-refractivity contribution < 1.29 is 14.9 Å². The van der Waals surface area contributed by atoms with Crippen LogP contribution < -0.4 is 5.73 Å². The van der Waals surface area contributed by atoms with Crippen LogP contribution in [0.15, 0.2) is 12.7 Å². The Kier molecular flexibility index (Phi) is 3.98. The second-order valence-corrected chi connectivity index (χ2v) is 6.11. The van der Waals surface area contributed by atoms with Crippen LogP contribution in [0.25, 0.3) is 11.2 Å². The molecule has 2 unspecified atom stereocenters. The fourth-order valence-corrected chi connectivity index (χ4v) is 3.13. The number of fused-ring (bicyclic) bond motifs is 1. The Hall–Kier alpha value is -1.42. The van der Waals surface area contributed by atoms with Crippen LogP contribution in [-0.2, 0) is 4.74 Å². The summed E-state index contributed by atoms with van der Waals surface area (Å²) in [6.07, 6.45) is -0.316. The summed E-state index contributed by atoms with van der Waals surface area (Å²) in [6.45, 7) is 2.03. The van der Waals surface area contributed by atoms with Crippen molar-refractivity contribution in [3.8, 4) is 0 Å². The molecule has 9 heteroatoms. The van der Waals surface area contributed by atoms with Gasteiger partial charge >= 0.3 is 0 Å². The molecule has 4 atom stereocenters. The molecule has 0 aromatic carbocycles. The van der Waals surface area contributed by atoms with E-state index < -0.39 is 24.5 Å². The summed E-state index contributed by atoms with van der Waals surface area (Å²) < 4.78 is 7.36. The predicted molar refractivity (Wildman–Crippen MR) is 78.7 cm³/mol. The molecule has 0 bridgehead atoms. The number of ether oxygens (including phenoxy) is 1. The molecule has 8 nitrogen and oxygen atoms in total. The molecular formula is C12H17N5O3S. The van der Waals surface area contributed by atoms with E-state index in [1.165, 1.54) is 12.7 Å². The summed E-state index contributed by atoms with van der Waals surface area (Å²) in [5.41, 5.74) is 6.67. The molecule has 21 heavy (non-hydrogen) atoms. The molecule has 0 radical (unpaired) electrons. The van der Waals surface area contributed by atoms with Crippen molar-refractivity contribution in [2.24, 2.45) is 0 Å². The minimum absolute atomic E-state index is 0.268. The predicted octanol–water partition coefficient (Wildman–Crippen LogP) is -0.219. The van der Waals surface area contributed by atoms with Crippen molar-refractivity contribution in [2.75, 3.05) is 17.2 Å². The van der Waals surface area contributed by atoms with Gasteiger partial charge in [0.15, 0.2) is 17.7 Å². The standard InChI is InChI=1S/C12H17N5O3S/c1-2-21-3-6-8(18)9(19)12(20-6)17-5-16-7-10(13)14-4-15-11(7)17/h4-6,8-9,12,18-19H,2-3H2,1H3,(H2,13,14,15)/t6-,8?,9?,12-/m1/s1. The van der Waals surface area contributed by atoms with Gasteiger partial charge in [-0.1, -0.05) is 6.92 Å². The van der Waals surface area contributed by atoms with Crippen molar-refractivity contribution in [1.29, 1.82) is 0 Å². The van der Waals surface area contributed by atoms with Crippen LogP contribution in [0.3, 0.4) is 0 Å². The first-order chi connectivity index (χ1) is 10.1. The number of anilines is 1. The van der Waals surface area contributed by atoms with Crippen molar-refractivity contribution in [3.63, 3.8) is 0 Å². The summed E-state index contributed by atoms with van der Waals surface area (Å²) in [6, 6.07) is 0. The first kappa shape index (κ1) is 14.5. The second-order valence-electron chi connectivity index (χ2n) is 4.79. The molecule has 1 aliphatic heterocycles. The molecule has 2 aromatic heterocycles. The number of hydrogen-bond acceptors (Lipinski definition) is 8. The van der Waals surface area contributed by atoms with Gasteiger partial charge in [0.1, 0.15) is 24.1 Å². The van der Waals surface area contributed by atoms with Crippen LogP contribution in [0, 0.1) is 0 Å². The summed E-state index contributed by atoms with van der Waals surface area (Å²) >= 11 is 1.65. The maximum Gasteiger partial charge on any atom is 0.167 e. The molecule has 1 fully saturated rings. The molecule has 3 heterocycles. The third kappa shape index (κ3) is 2.46. The van der Waals surface area contributed by atoms with E-state index in [0.717, 1.165) is 5.75 Å². The van der Waals surface area contributed by atoms with Gasteiger partial charge in [0.05, 0.1) is 12.4 Å². The molecular weight excluding hydrogens is 294 g/mol. The lowest BCUT2D eigenvalue weighted by molar-refractivity contribution is -0.0288. The molecule has 0 saturated carbocycles. The van der Waals surface area contributed by atoms with Gasteiger partial charge in [-0.2, -0.15) is 11.8 Å². The number of thioether (sulfide) groups is 1. The number of aromatic nitrogens is 4. The van der Waals surface area contributed by atoms with E-state index in [4.69, 9.17) is 10.5 Å². The van der Waals surface area contributed by atoms with Gasteiger partial charge in [0.25, 0.3) is 0 Å². The topological polar surface area (TPSA) is 119 Å². The van der Waals surface area contributed by atoms with E-state index in [2.05, 4.69) is 15.0 Å². The number of hydrogen-bond donors (Lipinski definition) is 3. The monoisotopic (exact) mass is 311 g/mol. The minimum Gasteiger partial charge on any atom is -0.387 e. The molecule has 4 N–H and O–H groups in total. The van der Waals surface area contributed by atoms with Gasteiger partial charge in [-0.05, 0) is 5.75 Å². The first-order valence-electron chi connectivity index (χ1n) is 6.65. The van der Waals surface area contributed by atoms with E-state index in [1.54, 1.807) is 16.3 Å². The maximum atomic E-state index is 10.2. The summed E-state index contributed by atoms with van der Waals surface area (Å²) in [5.74, 6) is 1.81.